The van der Waals surface area contributed by atoms with Crippen LogP contribution in [-0.2, 0) is 7.05 Å². The summed E-state index contributed by atoms with van der Waals surface area (Å²) in [7, 11) is 1.74. The molecular weight excluding hydrogens is 256 g/mol. The van der Waals surface area contributed by atoms with Crippen molar-refractivity contribution in [1.82, 2.24) is 19.6 Å². The van der Waals surface area contributed by atoms with Crippen molar-refractivity contribution in [3.05, 3.63) is 29.3 Å². The Morgan fingerprint density at radius 2 is 2.11 bits per heavy atom. The first kappa shape index (κ1) is 13.2. The molecule has 2 aromatic heterocycles. The Labute approximate surface area is 108 Å². The molecule has 6 nitrogen and oxygen atoms in total. The normalized spacial score (nSPS) is 11.1. The van der Waals surface area contributed by atoms with Crippen LogP contribution >= 0.6 is 0 Å². The van der Waals surface area contributed by atoms with E-state index in [0.717, 1.165) is 11.9 Å². The predicted octanol–water partition coefficient (Wildman–Crippen LogP) is 1.88. The van der Waals surface area contributed by atoms with E-state index in [1.54, 1.807) is 25.6 Å². The molecule has 0 aromatic carbocycles. The second-order valence-corrected chi connectivity index (χ2v) is 4.06. The first-order valence-corrected chi connectivity index (χ1v) is 5.55. The van der Waals surface area contributed by atoms with Crippen molar-refractivity contribution in [2.45, 2.75) is 20.4 Å². The molecule has 0 aliphatic rings. The Morgan fingerprint density at radius 1 is 1.42 bits per heavy atom. The van der Waals surface area contributed by atoms with Crippen molar-refractivity contribution in [2.75, 3.05) is 5.32 Å². The number of halogens is 2. The fourth-order valence-corrected chi connectivity index (χ4v) is 1.78. The minimum absolute atomic E-state index is 0.197. The van der Waals surface area contributed by atoms with Gasteiger partial charge in [0.25, 0.3) is 5.91 Å². The van der Waals surface area contributed by atoms with E-state index < -0.39 is 12.5 Å². The highest BCUT2D eigenvalue weighted by molar-refractivity contribution is 6.03. The van der Waals surface area contributed by atoms with Crippen molar-refractivity contribution < 1.29 is 13.6 Å². The number of nitrogens with zero attached hydrogens (tertiary/aromatic N) is 4. The summed E-state index contributed by atoms with van der Waals surface area (Å²) in [5.74, 6) is -0.642. The molecule has 0 radical (unpaired) electrons. The molecule has 2 aromatic rings. The summed E-state index contributed by atoms with van der Waals surface area (Å²) in [5.41, 5.74) is 1.69. The molecule has 0 saturated carbocycles. The van der Waals surface area contributed by atoms with Crippen molar-refractivity contribution in [3.8, 4) is 0 Å². The van der Waals surface area contributed by atoms with Crippen LogP contribution in [0.3, 0.4) is 0 Å². The molecule has 0 atom stereocenters. The molecule has 0 saturated heterocycles. The molecule has 2 rings (SSSR count). The molecule has 1 N–H and O–H groups in total. The van der Waals surface area contributed by atoms with Gasteiger partial charge >= 0.3 is 6.55 Å². The molecule has 0 bridgehead atoms. The SMILES string of the molecule is Cc1nn(C)c(C)c1NC(=O)c1ccnn1C(F)F. The number of amides is 1. The number of aromatic nitrogens is 4. The Bertz CT molecular complexity index is 617. The maximum atomic E-state index is 12.6. The quantitative estimate of drug-likeness (QED) is 0.925. The second kappa shape index (κ2) is 4.79. The minimum atomic E-state index is -2.85. The maximum absolute atomic E-state index is 12.6. The molecule has 0 spiro atoms. The van der Waals surface area contributed by atoms with Crippen molar-refractivity contribution in [2.24, 2.45) is 7.05 Å². The molecule has 0 aliphatic heterocycles. The maximum Gasteiger partial charge on any atom is 0.333 e. The van der Waals surface area contributed by atoms with Gasteiger partial charge in [-0.25, -0.2) is 0 Å². The van der Waals surface area contributed by atoms with E-state index >= 15 is 0 Å². The molecule has 0 aliphatic carbocycles. The lowest BCUT2D eigenvalue weighted by atomic mass is 10.3. The average Bonchev–Trinajstić information content (AvgIpc) is 2.90. The predicted molar refractivity (Wildman–Crippen MR) is 64.1 cm³/mol. The van der Waals surface area contributed by atoms with Crippen LogP contribution in [0.1, 0.15) is 28.4 Å². The fraction of sp³-hybridized carbons (Fsp3) is 0.364. The fourth-order valence-electron chi connectivity index (χ4n) is 1.78. The van der Waals surface area contributed by atoms with Gasteiger partial charge in [0, 0.05) is 13.2 Å². The number of hydrogen-bond donors (Lipinski definition) is 1. The van der Waals surface area contributed by atoms with Gasteiger partial charge in [-0.1, -0.05) is 0 Å². The molecule has 0 unspecified atom stereocenters. The first-order valence-electron chi connectivity index (χ1n) is 5.55. The van der Waals surface area contributed by atoms with Crippen LogP contribution in [0.5, 0.6) is 0 Å². The monoisotopic (exact) mass is 269 g/mol. The van der Waals surface area contributed by atoms with E-state index in [9.17, 15) is 13.6 Å². The third-order valence-corrected chi connectivity index (χ3v) is 2.84. The lowest BCUT2D eigenvalue weighted by Crippen LogP contribution is -2.19. The van der Waals surface area contributed by atoms with Crippen LogP contribution in [0.2, 0.25) is 0 Å². The Balaban J connectivity index is 2.28. The largest absolute Gasteiger partial charge is 0.333 e. The van der Waals surface area contributed by atoms with Crippen molar-refractivity contribution in [3.63, 3.8) is 0 Å². The summed E-state index contributed by atoms with van der Waals surface area (Å²) in [4.78, 5) is 12.0. The molecular formula is C11H13F2N5O. The number of anilines is 1. The summed E-state index contributed by atoms with van der Waals surface area (Å²) >= 11 is 0. The van der Waals surface area contributed by atoms with Gasteiger partial charge in [0.15, 0.2) is 0 Å². The minimum Gasteiger partial charge on any atom is -0.317 e. The Kier molecular flexibility index (Phi) is 3.32. The summed E-state index contributed by atoms with van der Waals surface area (Å²) < 4.78 is 27.2. The number of aryl methyl sites for hydroxylation is 2. The van der Waals surface area contributed by atoms with Crippen LogP contribution in [0.25, 0.3) is 0 Å². The van der Waals surface area contributed by atoms with Gasteiger partial charge in [0.1, 0.15) is 5.69 Å². The number of alkyl halides is 2. The molecule has 8 heteroatoms. The van der Waals surface area contributed by atoms with E-state index in [4.69, 9.17) is 0 Å². The van der Waals surface area contributed by atoms with Gasteiger partial charge < -0.3 is 5.32 Å². The molecule has 19 heavy (non-hydrogen) atoms. The van der Waals surface area contributed by atoms with Gasteiger partial charge in [-0.3, -0.25) is 9.48 Å². The Morgan fingerprint density at radius 3 is 2.63 bits per heavy atom. The van der Waals surface area contributed by atoms with Crippen molar-refractivity contribution in [1.29, 1.82) is 0 Å². The zero-order valence-corrected chi connectivity index (χ0v) is 10.7. The van der Waals surface area contributed by atoms with E-state index in [2.05, 4.69) is 15.5 Å². The van der Waals surface area contributed by atoms with Crippen molar-refractivity contribution >= 4 is 11.6 Å². The number of carbonyl (C=O) groups excluding carboxylic acids is 1. The zero-order valence-electron chi connectivity index (χ0n) is 10.7. The molecule has 0 fully saturated rings. The number of hydrogen-bond acceptors (Lipinski definition) is 3. The molecule has 1 amide bonds. The van der Waals surface area contributed by atoms with Gasteiger partial charge in [0.2, 0.25) is 0 Å². The highest BCUT2D eigenvalue weighted by Crippen LogP contribution is 2.20. The average molecular weight is 269 g/mol. The number of rotatable bonds is 3. The van der Waals surface area contributed by atoms with Crippen LogP contribution in [-0.4, -0.2) is 25.5 Å². The van der Waals surface area contributed by atoms with E-state index in [1.807, 2.05) is 0 Å². The summed E-state index contributed by atoms with van der Waals surface area (Å²) in [6, 6.07) is 1.24. The van der Waals surface area contributed by atoms with E-state index in [-0.39, 0.29) is 5.69 Å². The van der Waals surface area contributed by atoms with E-state index in [0.29, 0.717) is 16.1 Å². The summed E-state index contributed by atoms with van der Waals surface area (Å²) in [5, 5.41) is 10.1. The Hall–Kier alpha value is -2.25. The van der Waals surface area contributed by atoms with Gasteiger partial charge in [-0.15, -0.1) is 0 Å². The summed E-state index contributed by atoms with van der Waals surface area (Å²) in [6.45, 7) is 0.652. The third-order valence-electron chi connectivity index (χ3n) is 2.84. The number of carbonyl (C=O) groups is 1. The van der Waals surface area contributed by atoms with E-state index in [1.165, 1.54) is 6.07 Å². The van der Waals surface area contributed by atoms with Gasteiger partial charge in [0.05, 0.1) is 17.1 Å². The van der Waals surface area contributed by atoms with Crippen LogP contribution in [0.15, 0.2) is 12.3 Å². The lowest BCUT2D eigenvalue weighted by Gasteiger charge is -2.07. The molecule has 2 heterocycles. The molecule has 102 valence electrons. The van der Waals surface area contributed by atoms with Crippen LogP contribution in [0.4, 0.5) is 14.5 Å². The highest BCUT2D eigenvalue weighted by Gasteiger charge is 2.20. The standard InChI is InChI=1S/C11H13F2N5O/c1-6-9(7(2)17(3)16-6)15-10(19)8-4-5-14-18(8)11(12)13/h4-5,11H,1-3H3,(H,15,19). The topological polar surface area (TPSA) is 64.7 Å². The highest BCUT2D eigenvalue weighted by atomic mass is 19.3. The van der Waals surface area contributed by atoms with Crippen LogP contribution < -0.4 is 5.32 Å². The first-order chi connectivity index (χ1) is 8.91. The third kappa shape index (κ3) is 2.33. The van der Waals surface area contributed by atoms with Crippen LogP contribution in [0, 0.1) is 13.8 Å². The zero-order chi connectivity index (χ0) is 14.2. The smallest absolute Gasteiger partial charge is 0.317 e. The van der Waals surface area contributed by atoms with Gasteiger partial charge in [-0.2, -0.15) is 23.7 Å². The lowest BCUT2D eigenvalue weighted by molar-refractivity contribution is 0.0520. The second-order valence-electron chi connectivity index (χ2n) is 4.06. The number of nitrogens with one attached hydrogen (secondary N) is 1. The van der Waals surface area contributed by atoms with Gasteiger partial charge in [-0.05, 0) is 19.9 Å². The summed E-state index contributed by atoms with van der Waals surface area (Å²) in [6.07, 6.45) is 1.16.